The number of rotatable bonds is 2. The van der Waals surface area contributed by atoms with Crippen LogP contribution in [0.4, 0.5) is 5.95 Å². The Morgan fingerprint density at radius 2 is 1.67 bits per heavy atom. The van der Waals surface area contributed by atoms with Gasteiger partial charge in [0.05, 0.1) is 14.5 Å². The number of benzene rings is 1. The van der Waals surface area contributed by atoms with Gasteiger partial charge in [0.15, 0.2) is 0 Å². The fourth-order valence-corrected chi connectivity index (χ4v) is 4.96. The Labute approximate surface area is 156 Å². The van der Waals surface area contributed by atoms with Crippen LogP contribution in [0.25, 0.3) is 11.0 Å². The highest BCUT2D eigenvalue weighted by Crippen LogP contribution is 2.43. The summed E-state index contributed by atoms with van der Waals surface area (Å²) in [6.07, 6.45) is 4.60. The van der Waals surface area contributed by atoms with E-state index in [-0.39, 0.29) is 12.1 Å². The number of imidazole rings is 1. The predicted octanol–water partition coefficient (Wildman–Crippen LogP) is 5.29. The van der Waals surface area contributed by atoms with Gasteiger partial charge < -0.3 is 16.0 Å². The van der Waals surface area contributed by atoms with Gasteiger partial charge >= 0.3 is 0 Å². The average Bonchev–Trinajstić information content (AvgIpc) is 2.89. The molecule has 0 unspecified atom stereocenters. The van der Waals surface area contributed by atoms with E-state index in [9.17, 15) is 0 Å². The lowest BCUT2D eigenvalue weighted by Gasteiger charge is -2.29. The Bertz CT molecular complexity index is 640. The van der Waals surface area contributed by atoms with Gasteiger partial charge in [-0.15, -0.1) is 0 Å². The zero-order chi connectivity index (χ0) is 15.1. The van der Waals surface area contributed by atoms with Crippen molar-refractivity contribution >= 4 is 80.7 Å². The number of hydrogen-bond acceptors (Lipinski definition) is 3. The van der Waals surface area contributed by atoms with Gasteiger partial charge in [-0.1, -0.05) is 12.8 Å². The van der Waals surface area contributed by atoms with Crippen molar-refractivity contribution in [3.63, 3.8) is 0 Å². The SMILES string of the molecule is N[C@H]1CCCC[C@@H]1Nc1nc2c(Br)c(Br)c(Br)c(Br)c2[nH]1. The maximum absolute atomic E-state index is 6.19. The number of nitrogens with zero attached hydrogens (tertiary/aromatic N) is 1. The van der Waals surface area contributed by atoms with Crippen molar-refractivity contribution in [2.45, 2.75) is 37.8 Å². The molecule has 3 rings (SSSR count). The minimum Gasteiger partial charge on any atom is -0.352 e. The van der Waals surface area contributed by atoms with Crippen LogP contribution in [0.15, 0.2) is 17.9 Å². The van der Waals surface area contributed by atoms with Gasteiger partial charge in [0.1, 0.15) is 5.52 Å². The summed E-state index contributed by atoms with van der Waals surface area (Å²) in [4.78, 5) is 7.99. The van der Waals surface area contributed by atoms with Crippen LogP contribution in [0.3, 0.4) is 0 Å². The smallest absolute Gasteiger partial charge is 0.201 e. The van der Waals surface area contributed by atoms with Crippen molar-refractivity contribution in [2.24, 2.45) is 5.73 Å². The maximum Gasteiger partial charge on any atom is 0.201 e. The average molecular weight is 546 g/mol. The van der Waals surface area contributed by atoms with Gasteiger partial charge in [-0.05, 0) is 76.6 Å². The molecule has 0 bridgehead atoms. The van der Waals surface area contributed by atoms with Crippen LogP contribution in [-0.2, 0) is 0 Å². The summed E-state index contributed by atoms with van der Waals surface area (Å²) in [6.45, 7) is 0. The molecule has 0 spiro atoms. The van der Waals surface area contributed by atoms with Crippen LogP contribution in [0.1, 0.15) is 25.7 Å². The van der Waals surface area contributed by atoms with Crippen molar-refractivity contribution < 1.29 is 0 Å². The van der Waals surface area contributed by atoms with Gasteiger partial charge in [0.2, 0.25) is 5.95 Å². The molecule has 8 heteroatoms. The molecular formula is C13H14Br4N4. The number of H-pyrrole nitrogens is 1. The van der Waals surface area contributed by atoms with E-state index in [1.54, 1.807) is 0 Å². The van der Waals surface area contributed by atoms with Crippen LogP contribution < -0.4 is 11.1 Å². The number of nitrogens with two attached hydrogens (primary N) is 1. The molecular weight excluding hydrogens is 532 g/mol. The molecule has 0 radical (unpaired) electrons. The highest BCUT2D eigenvalue weighted by molar-refractivity contribution is 9.15. The third-order valence-electron chi connectivity index (χ3n) is 3.85. The minimum atomic E-state index is 0.192. The predicted molar refractivity (Wildman–Crippen MR) is 101 cm³/mol. The summed E-state index contributed by atoms with van der Waals surface area (Å²) in [7, 11) is 0. The Morgan fingerprint density at radius 1 is 1.00 bits per heavy atom. The van der Waals surface area contributed by atoms with Crippen molar-refractivity contribution in [3.05, 3.63) is 17.9 Å². The Balaban J connectivity index is 1.98. The first-order valence-electron chi connectivity index (χ1n) is 6.72. The summed E-state index contributed by atoms with van der Waals surface area (Å²) >= 11 is 14.3. The van der Waals surface area contributed by atoms with Crippen LogP contribution in [0, 0.1) is 0 Å². The standard InChI is InChI=1S/C13H14Br4N4/c14-7-8(15)10(17)12-11(9(7)16)20-13(21-12)19-6-4-2-1-3-5(6)18/h5-6H,1-4,18H2,(H2,19,20,21)/t5-,6-/m0/s1. The minimum absolute atomic E-state index is 0.192. The van der Waals surface area contributed by atoms with Gasteiger partial charge in [-0.25, -0.2) is 4.98 Å². The molecule has 1 fully saturated rings. The van der Waals surface area contributed by atoms with Gasteiger partial charge in [-0.2, -0.15) is 0 Å². The van der Waals surface area contributed by atoms with Gasteiger partial charge in [0.25, 0.3) is 0 Å². The van der Waals surface area contributed by atoms with E-state index in [1.807, 2.05) is 0 Å². The third-order valence-corrected chi connectivity index (χ3v) is 8.60. The molecule has 1 aliphatic carbocycles. The zero-order valence-electron chi connectivity index (χ0n) is 11.0. The summed E-state index contributed by atoms with van der Waals surface area (Å²) in [5, 5.41) is 3.45. The largest absolute Gasteiger partial charge is 0.352 e. The molecule has 1 aliphatic rings. The van der Waals surface area contributed by atoms with E-state index >= 15 is 0 Å². The molecule has 21 heavy (non-hydrogen) atoms. The fraction of sp³-hybridized carbons (Fsp3) is 0.462. The molecule has 4 N–H and O–H groups in total. The van der Waals surface area contributed by atoms with Crippen LogP contribution in [0.2, 0.25) is 0 Å². The van der Waals surface area contributed by atoms with Crippen molar-refractivity contribution in [2.75, 3.05) is 5.32 Å². The molecule has 4 nitrogen and oxygen atoms in total. The second-order valence-electron chi connectivity index (χ2n) is 5.26. The van der Waals surface area contributed by atoms with E-state index in [0.717, 1.165) is 47.7 Å². The molecule has 2 aromatic rings. The quantitative estimate of drug-likeness (QED) is 0.355. The number of aromatic amines is 1. The van der Waals surface area contributed by atoms with E-state index < -0.39 is 0 Å². The van der Waals surface area contributed by atoms with Crippen molar-refractivity contribution in [3.8, 4) is 0 Å². The van der Waals surface area contributed by atoms with Gasteiger partial charge in [0, 0.05) is 21.0 Å². The Morgan fingerprint density at radius 3 is 2.38 bits per heavy atom. The third kappa shape index (κ3) is 3.06. The van der Waals surface area contributed by atoms with E-state index in [0.29, 0.717) is 0 Å². The highest BCUT2D eigenvalue weighted by atomic mass is 79.9. The maximum atomic E-state index is 6.19. The Kier molecular flexibility index (Phi) is 5.00. The molecule has 0 amide bonds. The van der Waals surface area contributed by atoms with Crippen molar-refractivity contribution in [1.82, 2.24) is 9.97 Å². The summed E-state index contributed by atoms with van der Waals surface area (Å²) in [5.74, 6) is 0.763. The van der Waals surface area contributed by atoms with Crippen LogP contribution in [0.5, 0.6) is 0 Å². The molecule has 2 atom stereocenters. The normalized spacial score (nSPS) is 22.7. The molecule has 1 aromatic carbocycles. The van der Waals surface area contributed by atoms with Crippen LogP contribution >= 0.6 is 63.7 Å². The first kappa shape index (κ1) is 16.2. The second kappa shape index (κ2) is 6.47. The molecule has 1 saturated carbocycles. The lowest BCUT2D eigenvalue weighted by molar-refractivity contribution is 0.403. The Hall–Kier alpha value is 0.370. The van der Waals surface area contributed by atoms with E-state index in [4.69, 9.17) is 5.73 Å². The van der Waals surface area contributed by atoms with E-state index in [1.165, 1.54) is 12.8 Å². The lowest BCUT2D eigenvalue weighted by Crippen LogP contribution is -2.42. The number of hydrogen-bond donors (Lipinski definition) is 3. The second-order valence-corrected chi connectivity index (χ2v) is 8.44. The van der Waals surface area contributed by atoms with Crippen molar-refractivity contribution in [1.29, 1.82) is 0 Å². The number of aromatic nitrogens is 2. The number of fused-ring (bicyclic) bond motifs is 1. The van der Waals surface area contributed by atoms with Gasteiger partial charge in [-0.3, -0.25) is 0 Å². The van der Waals surface area contributed by atoms with Crippen LogP contribution in [-0.4, -0.2) is 22.1 Å². The summed E-state index contributed by atoms with van der Waals surface area (Å²) in [6, 6.07) is 0.473. The highest BCUT2D eigenvalue weighted by Gasteiger charge is 2.23. The molecule has 0 saturated heterocycles. The molecule has 114 valence electrons. The fourth-order valence-electron chi connectivity index (χ4n) is 2.68. The topological polar surface area (TPSA) is 66.7 Å². The van der Waals surface area contributed by atoms with E-state index in [2.05, 4.69) is 79.0 Å². The summed E-state index contributed by atoms with van der Waals surface area (Å²) < 4.78 is 3.76. The lowest BCUT2D eigenvalue weighted by atomic mass is 9.91. The zero-order valence-corrected chi connectivity index (χ0v) is 17.4. The molecule has 1 heterocycles. The monoisotopic (exact) mass is 542 g/mol. The first-order valence-corrected chi connectivity index (χ1v) is 9.90. The number of nitrogens with one attached hydrogen (secondary N) is 2. The number of halogens is 4. The summed E-state index contributed by atoms with van der Waals surface area (Å²) in [5.41, 5.74) is 8.02. The number of anilines is 1. The molecule has 1 aromatic heterocycles. The first-order chi connectivity index (χ1) is 9.99. The molecule has 0 aliphatic heterocycles.